The first-order valence-corrected chi connectivity index (χ1v) is 10.4. The molecule has 3 aromatic carbocycles. The number of benzene rings is 3. The standard InChI is InChI=1S/C23H17F3N2O3S/c1-14(17-9-5-6-10-18(17)23(24,25)26)31-16-11-12-19-20(13-16)32-21(27-19)28(22(29)30)15-7-3-2-4-8-15/h2-14H,1H3,(H,29,30). The van der Waals surface area contributed by atoms with Crippen molar-refractivity contribution in [3.05, 3.63) is 83.9 Å². The highest BCUT2D eigenvalue weighted by Gasteiger charge is 2.34. The second-order valence-corrected chi connectivity index (χ2v) is 7.93. The molecule has 1 unspecified atom stereocenters. The van der Waals surface area contributed by atoms with Gasteiger partial charge in [-0.2, -0.15) is 13.2 Å². The summed E-state index contributed by atoms with van der Waals surface area (Å²) < 4.78 is 46.4. The summed E-state index contributed by atoms with van der Waals surface area (Å²) in [5.41, 5.74) is 0.302. The number of fused-ring (bicyclic) bond motifs is 1. The van der Waals surface area contributed by atoms with Crippen LogP contribution in [-0.4, -0.2) is 16.2 Å². The largest absolute Gasteiger partial charge is 0.486 e. The molecule has 1 atom stereocenters. The van der Waals surface area contributed by atoms with Crippen molar-refractivity contribution < 1.29 is 27.8 Å². The molecule has 0 spiro atoms. The fourth-order valence-electron chi connectivity index (χ4n) is 3.32. The van der Waals surface area contributed by atoms with Gasteiger partial charge in [-0.05, 0) is 43.3 Å². The number of halogens is 3. The third kappa shape index (κ3) is 4.38. The molecule has 9 heteroatoms. The van der Waals surface area contributed by atoms with Gasteiger partial charge < -0.3 is 9.84 Å². The Bertz CT molecular complexity index is 1260. The molecule has 0 radical (unpaired) electrons. The van der Waals surface area contributed by atoms with E-state index in [2.05, 4.69) is 4.98 Å². The molecule has 1 N–H and O–H groups in total. The lowest BCUT2D eigenvalue weighted by atomic mass is 10.0. The summed E-state index contributed by atoms with van der Waals surface area (Å²) in [5.74, 6) is 0.360. The van der Waals surface area contributed by atoms with Gasteiger partial charge in [0, 0.05) is 5.56 Å². The van der Waals surface area contributed by atoms with Crippen molar-refractivity contribution in [1.82, 2.24) is 4.98 Å². The first kappa shape index (κ1) is 21.6. The van der Waals surface area contributed by atoms with E-state index in [9.17, 15) is 23.1 Å². The molecule has 0 saturated carbocycles. The molecule has 0 aliphatic rings. The number of anilines is 2. The van der Waals surface area contributed by atoms with Crippen molar-refractivity contribution in [1.29, 1.82) is 0 Å². The monoisotopic (exact) mass is 458 g/mol. The van der Waals surface area contributed by atoms with Crippen LogP contribution in [0.15, 0.2) is 72.8 Å². The zero-order chi connectivity index (χ0) is 22.9. The van der Waals surface area contributed by atoms with Crippen LogP contribution in [0.25, 0.3) is 10.2 Å². The zero-order valence-electron chi connectivity index (χ0n) is 16.7. The quantitative estimate of drug-likeness (QED) is 0.342. The van der Waals surface area contributed by atoms with E-state index in [4.69, 9.17) is 4.74 Å². The summed E-state index contributed by atoms with van der Waals surface area (Å²) >= 11 is 1.15. The van der Waals surface area contributed by atoms with E-state index < -0.39 is 23.9 Å². The SMILES string of the molecule is CC(Oc1ccc2nc(N(C(=O)O)c3ccccc3)sc2c1)c1ccccc1C(F)(F)F. The number of thiazole rings is 1. The van der Waals surface area contributed by atoms with Gasteiger partial charge in [0.05, 0.1) is 21.5 Å². The van der Waals surface area contributed by atoms with E-state index in [-0.39, 0.29) is 10.7 Å². The maximum atomic E-state index is 13.3. The summed E-state index contributed by atoms with van der Waals surface area (Å²) in [5, 5.41) is 9.93. The molecule has 1 aromatic heterocycles. The molecular weight excluding hydrogens is 441 g/mol. The predicted octanol–water partition coefficient (Wildman–Crippen LogP) is 7.27. The predicted molar refractivity (Wildman–Crippen MR) is 117 cm³/mol. The van der Waals surface area contributed by atoms with Crippen LogP contribution in [0.4, 0.5) is 28.8 Å². The number of carboxylic acid groups (broad SMARTS) is 1. The molecule has 1 heterocycles. The van der Waals surface area contributed by atoms with Crippen LogP contribution < -0.4 is 9.64 Å². The Morgan fingerprint density at radius 3 is 2.44 bits per heavy atom. The molecule has 32 heavy (non-hydrogen) atoms. The fraction of sp³-hybridized carbons (Fsp3) is 0.130. The van der Waals surface area contributed by atoms with Crippen LogP contribution in [0.2, 0.25) is 0 Å². The van der Waals surface area contributed by atoms with Gasteiger partial charge >= 0.3 is 12.3 Å². The Hall–Kier alpha value is -3.59. The van der Waals surface area contributed by atoms with Crippen LogP contribution in [0.5, 0.6) is 5.75 Å². The highest BCUT2D eigenvalue weighted by atomic mass is 32.1. The number of amides is 1. The van der Waals surface area contributed by atoms with Crippen LogP contribution in [0.1, 0.15) is 24.2 Å². The van der Waals surface area contributed by atoms with Gasteiger partial charge in [0.2, 0.25) is 5.13 Å². The van der Waals surface area contributed by atoms with E-state index in [0.29, 0.717) is 21.7 Å². The normalized spacial score (nSPS) is 12.5. The average molecular weight is 458 g/mol. The minimum absolute atomic E-state index is 0.0335. The number of carbonyl (C=O) groups is 1. The Balaban J connectivity index is 1.64. The maximum absolute atomic E-state index is 13.3. The third-order valence-electron chi connectivity index (χ3n) is 4.76. The van der Waals surface area contributed by atoms with Crippen molar-refractivity contribution in [2.75, 3.05) is 4.90 Å². The number of aromatic nitrogens is 1. The van der Waals surface area contributed by atoms with Gasteiger partial charge in [0.1, 0.15) is 11.9 Å². The third-order valence-corrected chi connectivity index (χ3v) is 5.77. The summed E-state index contributed by atoms with van der Waals surface area (Å²) in [6, 6.07) is 18.7. The van der Waals surface area contributed by atoms with Crippen molar-refractivity contribution in [3.63, 3.8) is 0 Å². The molecule has 0 aliphatic heterocycles. The van der Waals surface area contributed by atoms with Crippen LogP contribution >= 0.6 is 11.3 Å². The van der Waals surface area contributed by atoms with E-state index in [1.54, 1.807) is 55.5 Å². The van der Waals surface area contributed by atoms with Crippen LogP contribution in [-0.2, 0) is 6.18 Å². The van der Waals surface area contributed by atoms with E-state index in [1.165, 1.54) is 18.2 Å². The molecule has 4 aromatic rings. The molecule has 0 bridgehead atoms. The van der Waals surface area contributed by atoms with Gasteiger partial charge in [-0.1, -0.05) is 47.7 Å². The Morgan fingerprint density at radius 2 is 1.75 bits per heavy atom. The van der Waals surface area contributed by atoms with Crippen LogP contribution in [0, 0.1) is 0 Å². The summed E-state index contributed by atoms with van der Waals surface area (Å²) in [6.07, 6.45) is -6.51. The summed E-state index contributed by atoms with van der Waals surface area (Å²) in [6.45, 7) is 1.55. The van der Waals surface area contributed by atoms with Gasteiger partial charge in [0.15, 0.2) is 0 Å². The second kappa shape index (κ2) is 8.51. The molecule has 0 aliphatic carbocycles. The molecule has 164 valence electrons. The number of para-hydroxylation sites is 1. The second-order valence-electron chi connectivity index (χ2n) is 6.92. The minimum Gasteiger partial charge on any atom is -0.486 e. The zero-order valence-corrected chi connectivity index (χ0v) is 17.5. The first-order valence-electron chi connectivity index (χ1n) is 9.55. The maximum Gasteiger partial charge on any atom is 0.418 e. The molecule has 0 fully saturated rings. The van der Waals surface area contributed by atoms with Crippen molar-refractivity contribution >= 4 is 38.5 Å². The van der Waals surface area contributed by atoms with Gasteiger partial charge in [-0.15, -0.1) is 0 Å². The lowest BCUT2D eigenvalue weighted by Crippen LogP contribution is -2.23. The summed E-state index contributed by atoms with van der Waals surface area (Å²) in [4.78, 5) is 17.3. The van der Waals surface area contributed by atoms with Gasteiger partial charge in [-0.3, -0.25) is 0 Å². The average Bonchev–Trinajstić information content (AvgIpc) is 3.16. The lowest BCUT2D eigenvalue weighted by Gasteiger charge is -2.19. The molecule has 0 saturated heterocycles. The Labute approximate surface area is 185 Å². The molecule has 4 rings (SSSR count). The smallest absolute Gasteiger partial charge is 0.418 e. The van der Waals surface area contributed by atoms with Gasteiger partial charge in [-0.25, -0.2) is 14.7 Å². The molecule has 1 amide bonds. The van der Waals surface area contributed by atoms with Crippen molar-refractivity contribution in [2.45, 2.75) is 19.2 Å². The number of hydrogen-bond donors (Lipinski definition) is 1. The first-order chi connectivity index (χ1) is 15.2. The Kier molecular flexibility index (Phi) is 5.75. The molecular formula is C23H17F3N2O3S. The highest BCUT2D eigenvalue weighted by Crippen LogP contribution is 2.38. The number of ether oxygens (including phenoxy) is 1. The number of hydrogen-bond acceptors (Lipinski definition) is 4. The number of alkyl halides is 3. The Morgan fingerprint density at radius 1 is 1.06 bits per heavy atom. The summed E-state index contributed by atoms with van der Waals surface area (Å²) in [7, 11) is 0. The minimum atomic E-state index is -4.48. The van der Waals surface area contributed by atoms with Crippen molar-refractivity contribution in [2.24, 2.45) is 0 Å². The molecule has 5 nitrogen and oxygen atoms in total. The van der Waals surface area contributed by atoms with E-state index in [0.717, 1.165) is 22.3 Å². The van der Waals surface area contributed by atoms with E-state index in [1.807, 2.05) is 0 Å². The lowest BCUT2D eigenvalue weighted by molar-refractivity contribution is -0.138. The topological polar surface area (TPSA) is 62.7 Å². The van der Waals surface area contributed by atoms with Crippen LogP contribution in [0.3, 0.4) is 0 Å². The number of rotatable bonds is 5. The number of nitrogens with zero attached hydrogens (tertiary/aromatic N) is 2. The van der Waals surface area contributed by atoms with E-state index >= 15 is 0 Å². The van der Waals surface area contributed by atoms with Crippen molar-refractivity contribution in [3.8, 4) is 5.75 Å². The fourth-order valence-corrected chi connectivity index (χ4v) is 4.33. The highest BCUT2D eigenvalue weighted by molar-refractivity contribution is 7.22. The van der Waals surface area contributed by atoms with Gasteiger partial charge in [0.25, 0.3) is 0 Å².